The van der Waals surface area contributed by atoms with Crippen molar-refractivity contribution < 1.29 is 19.4 Å². The van der Waals surface area contributed by atoms with E-state index in [0.29, 0.717) is 18.7 Å². The summed E-state index contributed by atoms with van der Waals surface area (Å²) in [5, 5.41) is 11.4. The van der Waals surface area contributed by atoms with E-state index in [9.17, 15) is 9.59 Å². The number of anilines is 1. The number of carboxylic acid groups (broad SMARTS) is 1. The molecule has 1 amide bonds. The van der Waals surface area contributed by atoms with Crippen molar-refractivity contribution in [1.82, 2.24) is 0 Å². The standard InChI is InChI=1S/C19H17NO4/c21-18(12-14-3-7-17-15(11-14)9-10-24-17)20-16-5-1-13(2-6-16)4-8-19(22)23/h1-8,11H,9-10,12H2,(H,20,21)(H,22,23)/b8-4-. The molecule has 0 radical (unpaired) electrons. The average molecular weight is 323 g/mol. The number of carbonyl (C=O) groups excluding carboxylic acids is 1. The summed E-state index contributed by atoms with van der Waals surface area (Å²) in [6.45, 7) is 0.702. The van der Waals surface area contributed by atoms with Gasteiger partial charge in [0.05, 0.1) is 13.0 Å². The zero-order valence-electron chi connectivity index (χ0n) is 13.0. The van der Waals surface area contributed by atoms with Gasteiger partial charge in [-0.1, -0.05) is 24.3 Å². The summed E-state index contributed by atoms with van der Waals surface area (Å²) >= 11 is 0. The van der Waals surface area contributed by atoms with E-state index in [1.54, 1.807) is 24.3 Å². The highest BCUT2D eigenvalue weighted by Gasteiger charge is 2.13. The summed E-state index contributed by atoms with van der Waals surface area (Å²) < 4.78 is 5.46. The molecule has 3 rings (SSSR count). The van der Waals surface area contributed by atoms with Gasteiger partial charge in [0.1, 0.15) is 5.75 Å². The number of benzene rings is 2. The van der Waals surface area contributed by atoms with Crippen molar-refractivity contribution in [3.8, 4) is 5.75 Å². The van der Waals surface area contributed by atoms with Crippen LogP contribution in [0.5, 0.6) is 5.75 Å². The van der Waals surface area contributed by atoms with Gasteiger partial charge in [-0.05, 0) is 41.0 Å². The van der Waals surface area contributed by atoms with Crippen LogP contribution in [0.25, 0.3) is 6.08 Å². The van der Waals surface area contributed by atoms with Crippen LogP contribution in [0, 0.1) is 0 Å². The van der Waals surface area contributed by atoms with E-state index in [-0.39, 0.29) is 5.91 Å². The third kappa shape index (κ3) is 4.01. The Balaban J connectivity index is 1.59. The fourth-order valence-electron chi connectivity index (χ4n) is 2.59. The van der Waals surface area contributed by atoms with E-state index in [4.69, 9.17) is 9.84 Å². The summed E-state index contributed by atoms with van der Waals surface area (Å²) in [4.78, 5) is 22.6. The molecule has 1 aliphatic rings. The van der Waals surface area contributed by atoms with Crippen molar-refractivity contribution >= 4 is 23.6 Å². The Morgan fingerprint density at radius 2 is 1.96 bits per heavy atom. The lowest BCUT2D eigenvalue weighted by molar-refractivity contribution is -0.131. The number of fused-ring (bicyclic) bond motifs is 1. The molecule has 2 aromatic rings. The van der Waals surface area contributed by atoms with Crippen LogP contribution in [-0.2, 0) is 22.4 Å². The van der Waals surface area contributed by atoms with Gasteiger partial charge in [0, 0.05) is 18.2 Å². The fourth-order valence-corrected chi connectivity index (χ4v) is 2.59. The van der Waals surface area contributed by atoms with Crippen LogP contribution in [0.3, 0.4) is 0 Å². The van der Waals surface area contributed by atoms with Crippen LogP contribution in [0.15, 0.2) is 48.5 Å². The van der Waals surface area contributed by atoms with Gasteiger partial charge in [-0.2, -0.15) is 0 Å². The number of aliphatic carboxylic acids is 1. The second-order valence-electron chi connectivity index (χ2n) is 5.56. The highest BCUT2D eigenvalue weighted by molar-refractivity contribution is 5.92. The second-order valence-corrected chi connectivity index (χ2v) is 5.56. The van der Waals surface area contributed by atoms with Crippen LogP contribution in [0.2, 0.25) is 0 Å². The molecule has 2 N–H and O–H groups in total. The first-order valence-corrected chi connectivity index (χ1v) is 7.66. The Morgan fingerprint density at radius 1 is 1.17 bits per heavy atom. The molecule has 2 aromatic carbocycles. The van der Waals surface area contributed by atoms with Crippen molar-refractivity contribution in [3.63, 3.8) is 0 Å². The minimum atomic E-state index is -0.993. The minimum Gasteiger partial charge on any atom is -0.493 e. The Kier molecular flexibility index (Phi) is 4.61. The smallest absolute Gasteiger partial charge is 0.328 e. The van der Waals surface area contributed by atoms with E-state index in [1.807, 2.05) is 18.2 Å². The second kappa shape index (κ2) is 7.00. The first-order chi connectivity index (χ1) is 11.6. The lowest BCUT2D eigenvalue weighted by atomic mass is 10.1. The molecule has 122 valence electrons. The largest absolute Gasteiger partial charge is 0.493 e. The molecule has 24 heavy (non-hydrogen) atoms. The number of ether oxygens (including phenoxy) is 1. The van der Waals surface area contributed by atoms with Crippen molar-refractivity contribution in [3.05, 3.63) is 65.2 Å². The van der Waals surface area contributed by atoms with E-state index in [2.05, 4.69) is 5.32 Å². The van der Waals surface area contributed by atoms with Gasteiger partial charge in [0.25, 0.3) is 0 Å². The molecular weight excluding hydrogens is 306 g/mol. The predicted molar refractivity (Wildman–Crippen MR) is 91.1 cm³/mol. The SMILES string of the molecule is O=C(O)/C=C\c1ccc(NC(=O)Cc2ccc3c(c2)CCO3)cc1. The van der Waals surface area contributed by atoms with Crippen LogP contribution < -0.4 is 10.1 Å². The Hall–Kier alpha value is -3.08. The molecule has 0 saturated heterocycles. The topological polar surface area (TPSA) is 75.6 Å². The minimum absolute atomic E-state index is 0.0947. The summed E-state index contributed by atoms with van der Waals surface area (Å²) in [6, 6.07) is 12.8. The number of amides is 1. The molecule has 0 spiro atoms. The Bertz CT molecular complexity index is 794. The maximum absolute atomic E-state index is 12.1. The molecule has 0 aliphatic carbocycles. The number of hydrogen-bond acceptors (Lipinski definition) is 3. The third-order valence-electron chi connectivity index (χ3n) is 3.73. The first-order valence-electron chi connectivity index (χ1n) is 7.66. The molecule has 0 bridgehead atoms. The van der Waals surface area contributed by atoms with E-state index in [0.717, 1.165) is 34.9 Å². The van der Waals surface area contributed by atoms with E-state index < -0.39 is 5.97 Å². The molecule has 0 fully saturated rings. The van der Waals surface area contributed by atoms with Crippen LogP contribution in [0.4, 0.5) is 5.69 Å². The van der Waals surface area contributed by atoms with Crippen molar-refractivity contribution in [2.45, 2.75) is 12.8 Å². The van der Waals surface area contributed by atoms with Crippen LogP contribution in [-0.4, -0.2) is 23.6 Å². The van der Waals surface area contributed by atoms with Gasteiger partial charge in [-0.25, -0.2) is 4.79 Å². The van der Waals surface area contributed by atoms with Gasteiger partial charge >= 0.3 is 5.97 Å². The summed E-state index contributed by atoms with van der Waals surface area (Å²) in [5.41, 5.74) is 3.54. The van der Waals surface area contributed by atoms with Crippen LogP contribution >= 0.6 is 0 Å². The lowest BCUT2D eigenvalue weighted by Gasteiger charge is -2.07. The third-order valence-corrected chi connectivity index (χ3v) is 3.73. The van der Waals surface area contributed by atoms with Gasteiger partial charge in [-0.3, -0.25) is 4.79 Å². The molecule has 0 aromatic heterocycles. The summed E-state index contributed by atoms with van der Waals surface area (Å²) in [6.07, 6.45) is 3.76. The molecule has 0 atom stereocenters. The average Bonchev–Trinajstić information content (AvgIpc) is 3.01. The molecule has 0 unspecified atom stereocenters. The van der Waals surface area contributed by atoms with E-state index in [1.165, 1.54) is 6.08 Å². The number of nitrogens with one attached hydrogen (secondary N) is 1. The molecular formula is C19H17NO4. The normalized spacial score (nSPS) is 12.7. The highest BCUT2D eigenvalue weighted by Crippen LogP contribution is 2.26. The zero-order chi connectivity index (χ0) is 16.9. The molecule has 1 aliphatic heterocycles. The molecule has 5 heteroatoms. The van der Waals surface area contributed by atoms with Gasteiger partial charge in [-0.15, -0.1) is 0 Å². The van der Waals surface area contributed by atoms with Gasteiger partial charge in [0.15, 0.2) is 0 Å². The summed E-state index contributed by atoms with van der Waals surface area (Å²) in [7, 11) is 0. The maximum Gasteiger partial charge on any atom is 0.328 e. The molecule has 1 heterocycles. The van der Waals surface area contributed by atoms with Gasteiger partial charge < -0.3 is 15.2 Å². The number of carboxylic acids is 1. The fraction of sp³-hybridized carbons (Fsp3) is 0.158. The number of hydrogen-bond donors (Lipinski definition) is 2. The predicted octanol–water partition coefficient (Wildman–Crippen LogP) is 2.90. The van der Waals surface area contributed by atoms with Crippen LogP contribution in [0.1, 0.15) is 16.7 Å². The quantitative estimate of drug-likeness (QED) is 0.830. The van der Waals surface area contributed by atoms with Crippen molar-refractivity contribution in [2.24, 2.45) is 0 Å². The monoisotopic (exact) mass is 323 g/mol. The Labute approximate surface area is 139 Å². The first kappa shape index (κ1) is 15.8. The van der Waals surface area contributed by atoms with E-state index >= 15 is 0 Å². The van der Waals surface area contributed by atoms with Crippen molar-refractivity contribution in [2.75, 3.05) is 11.9 Å². The highest BCUT2D eigenvalue weighted by atomic mass is 16.5. The van der Waals surface area contributed by atoms with Gasteiger partial charge in [0.2, 0.25) is 5.91 Å². The zero-order valence-corrected chi connectivity index (χ0v) is 13.0. The number of rotatable bonds is 5. The molecule has 5 nitrogen and oxygen atoms in total. The molecule has 0 saturated carbocycles. The Morgan fingerprint density at radius 3 is 2.71 bits per heavy atom. The number of carbonyl (C=O) groups is 2. The van der Waals surface area contributed by atoms with Crippen molar-refractivity contribution in [1.29, 1.82) is 0 Å². The maximum atomic E-state index is 12.1. The lowest BCUT2D eigenvalue weighted by Crippen LogP contribution is -2.14. The summed E-state index contributed by atoms with van der Waals surface area (Å²) in [5.74, 6) is -0.181.